The van der Waals surface area contributed by atoms with E-state index in [1.807, 2.05) is 36.4 Å². The molecule has 0 aromatic heterocycles. The van der Waals surface area contributed by atoms with Crippen molar-refractivity contribution in [2.45, 2.75) is 69.7 Å². The number of rotatable bonds is 12. The Morgan fingerprint density at radius 2 is 1.93 bits per heavy atom. The van der Waals surface area contributed by atoms with Gasteiger partial charge in [0.05, 0.1) is 25.4 Å². The minimum atomic E-state index is -0.592. The van der Waals surface area contributed by atoms with Crippen molar-refractivity contribution in [3.63, 3.8) is 0 Å². The van der Waals surface area contributed by atoms with Gasteiger partial charge in [0.1, 0.15) is 0 Å². The number of ether oxygens (including phenoxy) is 1. The van der Waals surface area contributed by atoms with Crippen LogP contribution < -0.4 is 0 Å². The molecule has 5 atom stereocenters. The monoisotopic (exact) mass is 416 g/mol. The predicted molar refractivity (Wildman–Crippen MR) is 118 cm³/mol. The molecule has 1 aliphatic rings. The molecule has 0 bridgehead atoms. The average Bonchev–Trinajstić information content (AvgIpc) is 3.01. The molecule has 5 nitrogen and oxygen atoms in total. The van der Waals surface area contributed by atoms with Gasteiger partial charge in [-0.1, -0.05) is 54.6 Å². The van der Waals surface area contributed by atoms with Crippen molar-refractivity contribution >= 4 is 5.97 Å². The summed E-state index contributed by atoms with van der Waals surface area (Å²) in [4.78, 5) is 11.1. The second-order valence-corrected chi connectivity index (χ2v) is 8.12. The van der Waals surface area contributed by atoms with Crippen LogP contribution in [0.3, 0.4) is 0 Å². The number of benzene rings is 1. The fourth-order valence-electron chi connectivity index (χ4n) is 4.06. The number of aliphatic hydroxyl groups excluding tert-OH is 3. The smallest absolute Gasteiger partial charge is 0.305 e. The Morgan fingerprint density at radius 3 is 2.67 bits per heavy atom. The van der Waals surface area contributed by atoms with E-state index < -0.39 is 18.3 Å². The molecule has 0 saturated heterocycles. The van der Waals surface area contributed by atoms with Crippen LogP contribution in [-0.2, 0) is 16.0 Å². The van der Waals surface area contributed by atoms with Crippen molar-refractivity contribution in [3.05, 3.63) is 60.2 Å². The van der Waals surface area contributed by atoms with Crippen molar-refractivity contribution in [1.29, 1.82) is 0 Å². The minimum absolute atomic E-state index is 0.0652. The Kier molecular flexibility index (Phi) is 10.8. The van der Waals surface area contributed by atoms with Crippen LogP contribution in [0, 0.1) is 11.8 Å². The topological polar surface area (TPSA) is 87.0 Å². The summed E-state index contributed by atoms with van der Waals surface area (Å²) in [6, 6.07) is 10.2. The van der Waals surface area contributed by atoms with Gasteiger partial charge in [0.15, 0.2) is 0 Å². The highest BCUT2D eigenvalue weighted by molar-refractivity contribution is 5.69. The first-order valence-corrected chi connectivity index (χ1v) is 11.0. The molecule has 2 rings (SSSR count). The first-order valence-electron chi connectivity index (χ1n) is 11.0. The summed E-state index contributed by atoms with van der Waals surface area (Å²) in [5, 5.41) is 30.9. The SMILES string of the molecule is COC(=O)CCC/C=C\C[C@H]1[C@H](/C=C/[C@H](O)CCCc2ccccc2)[C@@H](O)C[C@H]1O. The number of allylic oxidation sites excluding steroid dienone is 2. The number of esters is 1. The number of carbonyl (C=O) groups excluding carboxylic acids is 1. The van der Waals surface area contributed by atoms with Crippen LogP contribution in [0.2, 0.25) is 0 Å². The minimum Gasteiger partial charge on any atom is -0.469 e. The third-order valence-electron chi connectivity index (χ3n) is 5.83. The van der Waals surface area contributed by atoms with Gasteiger partial charge in [-0.2, -0.15) is 0 Å². The second-order valence-electron chi connectivity index (χ2n) is 8.12. The Bertz CT molecular complexity index is 669. The van der Waals surface area contributed by atoms with Crippen LogP contribution in [0.25, 0.3) is 0 Å². The summed E-state index contributed by atoms with van der Waals surface area (Å²) in [5.74, 6) is -0.432. The lowest BCUT2D eigenvalue weighted by Gasteiger charge is -2.19. The summed E-state index contributed by atoms with van der Waals surface area (Å²) in [7, 11) is 1.39. The molecule has 5 heteroatoms. The van der Waals surface area contributed by atoms with E-state index in [0.717, 1.165) is 25.7 Å². The van der Waals surface area contributed by atoms with E-state index in [1.54, 1.807) is 6.08 Å². The van der Waals surface area contributed by atoms with E-state index in [9.17, 15) is 20.1 Å². The maximum Gasteiger partial charge on any atom is 0.305 e. The number of aliphatic hydroxyl groups is 3. The Labute approximate surface area is 180 Å². The van der Waals surface area contributed by atoms with E-state index in [4.69, 9.17) is 0 Å². The molecule has 0 aliphatic heterocycles. The molecule has 166 valence electrons. The number of hydrogen-bond acceptors (Lipinski definition) is 5. The van der Waals surface area contributed by atoms with Crippen LogP contribution in [0.4, 0.5) is 0 Å². The van der Waals surface area contributed by atoms with E-state index in [1.165, 1.54) is 12.7 Å². The molecular weight excluding hydrogens is 380 g/mol. The number of carbonyl (C=O) groups is 1. The highest BCUT2D eigenvalue weighted by Gasteiger charge is 2.39. The van der Waals surface area contributed by atoms with Gasteiger partial charge in [0.2, 0.25) is 0 Å². The van der Waals surface area contributed by atoms with Gasteiger partial charge in [-0.3, -0.25) is 4.79 Å². The third-order valence-corrected chi connectivity index (χ3v) is 5.83. The van der Waals surface area contributed by atoms with Crippen LogP contribution in [0.5, 0.6) is 0 Å². The molecule has 1 aliphatic carbocycles. The first kappa shape index (κ1) is 24.3. The Hall–Kier alpha value is -1.95. The molecule has 0 spiro atoms. The number of hydrogen-bond donors (Lipinski definition) is 3. The predicted octanol–water partition coefficient (Wildman–Crippen LogP) is 3.57. The van der Waals surface area contributed by atoms with Crippen molar-refractivity contribution in [3.8, 4) is 0 Å². The maximum atomic E-state index is 11.1. The standard InChI is InChI=1S/C25H36O5/c1-30-25(29)15-8-3-2-7-14-21-22(24(28)18-23(21)27)17-16-20(26)13-9-12-19-10-5-4-6-11-19/h2,4-7,10-11,16-17,20-24,26-28H,3,8-9,12-15,18H2,1H3/b7-2-,17-16+/t20-,21+,22+,23-,24+/m1/s1. The zero-order chi connectivity index (χ0) is 21.8. The van der Waals surface area contributed by atoms with E-state index >= 15 is 0 Å². The maximum absolute atomic E-state index is 11.1. The normalized spacial score (nSPS) is 25.2. The molecule has 1 saturated carbocycles. The number of unbranched alkanes of at least 4 members (excludes halogenated alkanes) is 1. The molecule has 0 radical (unpaired) electrons. The van der Waals surface area contributed by atoms with Gasteiger partial charge >= 0.3 is 5.97 Å². The van der Waals surface area contributed by atoms with Crippen molar-refractivity contribution in [2.75, 3.05) is 7.11 Å². The summed E-state index contributed by atoms with van der Waals surface area (Å²) < 4.78 is 4.62. The van der Waals surface area contributed by atoms with Gasteiger partial charge in [-0.05, 0) is 50.0 Å². The van der Waals surface area contributed by atoms with Gasteiger partial charge < -0.3 is 20.1 Å². The van der Waals surface area contributed by atoms with Crippen LogP contribution in [-0.4, -0.2) is 46.7 Å². The zero-order valence-electron chi connectivity index (χ0n) is 17.9. The average molecular weight is 417 g/mol. The van der Waals surface area contributed by atoms with Gasteiger partial charge in [0.25, 0.3) is 0 Å². The van der Waals surface area contributed by atoms with E-state index in [0.29, 0.717) is 25.7 Å². The summed E-state index contributed by atoms with van der Waals surface area (Å²) in [6.45, 7) is 0. The lowest BCUT2D eigenvalue weighted by Crippen LogP contribution is -2.20. The molecule has 30 heavy (non-hydrogen) atoms. The Balaban J connectivity index is 1.76. The summed E-state index contributed by atoms with van der Waals surface area (Å²) >= 11 is 0. The van der Waals surface area contributed by atoms with Crippen LogP contribution in [0.15, 0.2) is 54.6 Å². The largest absolute Gasteiger partial charge is 0.469 e. The van der Waals surface area contributed by atoms with E-state index in [2.05, 4.69) is 16.9 Å². The van der Waals surface area contributed by atoms with E-state index in [-0.39, 0.29) is 17.8 Å². The molecule has 1 aromatic rings. The van der Waals surface area contributed by atoms with Gasteiger partial charge in [-0.25, -0.2) is 0 Å². The molecule has 1 fully saturated rings. The van der Waals surface area contributed by atoms with Crippen LogP contribution in [0.1, 0.15) is 50.5 Å². The highest BCUT2D eigenvalue weighted by atomic mass is 16.5. The fraction of sp³-hybridized carbons (Fsp3) is 0.560. The van der Waals surface area contributed by atoms with Crippen LogP contribution >= 0.6 is 0 Å². The highest BCUT2D eigenvalue weighted by Crippen LogP contribution is 2.36. The van der Waals surface area contributed by atoms with Crippen molar-refractivity contribution < 1.29 is 24.9 Å². The zero-order valence-corrected chi connectivity index (χ0v) is 17.9. The number of methoxy groups -OCH3 is 1. The molecule has 1 aromatic carbocycles. The van der Waals surface area contributed by atoms with Gasteiger partial charge in [0, 0.05) is 18.8 Å². The molecule has 0 unspecified atom stereocenters. The summed E-state index contributed by atoms with van der Waals surface area (Å²) in [5.41, 5.74) is 1.27. The second kappa shape index (κ2) is 13.4. The Morgan fingerprint density at radius 1 is 1.17 bits per heavy atom. The third kappa shape index (κ3) is 8.42. The molecule has 0 amide bonds. The quantitative estimate of drug-likeness (QED) is 0.275. The molecule has 0 heterocycles. The van der Waals surface area contributed by atoms with Crippen molar-refractivity contribution in [2.24, 2.45) is 11.8 Å². The summed E-state index contributed by atoms with van der Waals surface area (Å²) in [6.07, 6.45) is 11.4. The fourth-order valence-corrected chi connectivity index (χ4v) is 4.06. The van der Waals surface area contributed by atoms with Gasteiger partial charge in [-0.15, -0.1) is 0 Å². The first-order chi connectivity index (χ1) is 14.5. The van der Waals surface area contributed by atoms with Crippen molar-refractivity contribution in [1.82, 2.24) is 0 Å². The molecular formula is C25H36O5. The lowest BCUT2D eigenvalue weighted by atomic mass is 9.89. The lowest BCUT2D eigenvalue weighted by molar-refractivity contribution is -0.140. The molecule has 3 N–H and O–H groups in total. The number of aryl methyl sites for hydroxylation is 1.